The molecule has 3 rings (SSSR count). The lowest BCUT2D eigenvalue weighted by atomic mass is 10.0. The number of carboxylic acid groups (broad SMARTS) is 1. The molecular weight excluding hydrogens is 410 g/mol. The van der Waals surface area contributed by atoms with Crippen LogP contribution in [0.4, 0.5) is 0 Å². The van der Waals surface area contributed by atoms with E-state index in [1.54, 1.807) is 49.6 Å². The Morgan fingerprint density at radius 2 is 1.72 bits per heavy atom. The fourth-order valence-electron chi connectivity index (χ4n) is 3.86. The molecule has 170 valence electrons. The van der Waals surface area contributed by atoms with Crippen LogP contribution in [0.1, 0.15) is 44.1 Å². The van der Waals surface area contributed by atoms with E-state index in [-0.39, 0.29) is 11.6 Å². The van der Waals surface area contributed by atoms with Gasteiger partial charge in [0.2, 0.25) is 11.7 Å². The summed E-state index contributed by atoms with van der Waals surface area (Å²) in [5.41, 5.74) is 0.480. The van der Waals surface area contributed by atoms with Crippen molar-refractivity contribution in [3.63, 3.8) is 0 Å². The summed E-state index contributed by atoms with van der Waals surface area (Å²) in [5, 5.41) is 12.0. The Morgan fingerprint density at radius 3 is 2.34 bits per heavy atom. The van der Waals surface area contributed by atoms with Gasteiger partial charge in [-0.2, -0.15) is 0 Å². The van der Waals surface area contributed by atoms with E-state index >= 15 is 0 Å². The third-order valence-electron chi connectivity index (χ3n) is 5.54. The number of ether oxygens (including phenoxy) is 3. The van der Waals surface area contributed by atoms with Crippen molar-refractivity contribution in [2.24, 2.45) is 5.92 Å². The number of hydrogen-bond donors (Lipinski definition) is 2. The summed E-state index contributed by atoms with van der Waals surface area (Å²) in [5.74, 6) is 1.21. The maximum absolute atomic E-state index is 12.2. The van der Waals surface area contributed by atoms with Crippen LogP contribution in [0.5, 0.6) is 23.0 Å². The van der Waals surface area contributed by atoms with Gasteiger partial charge in [0.05, 0.1) is 14.2 Å². The molecule has 0 spiro atoms. The van der Waals surface area contributed by atoms with Gasteiger partial charge in [0.15, 0.2) is 11.5 Å². The first kappa shape index (κ1) is 23.2. The van der Waals surface area contributed by atoms with E-state index in [9.17, 15) is 14.7 Å². The van der Waals surface area contributed by atoms with E-state index in [1.165, 1.54) is 26.0 Å². The van der Waals surface area contributed by atoms with Crippen LogP contribution in [0.3, 0.4) is 0 Å². The lowest BCUT2D eigenvalue weighted by Gasteiger charge is -2.13. The average molecular weight is 440 g/mol. The molecule has 0 saturated heterocycles. The SMILES string of the molecule is COc1cccc(Oc2ccc(/C=C(\NC(=O)CCC3CCCC3)C(=O)O)cc2)c1OC. The molecule has 0 aromatic heterocycles. The van der Waals surface area contributed by atoms with Crippen molar-refractivity contribution in [3.05, 3.63) is 53.7 Å². The lowest BCUT2D eigenvalue weighted by Crippen LogP contribution is -2.27. The number of aliphatic carboxylic acids is 1. The highest BCUT2D eigenvalue weighted by Crippen LogP contribution is 2.39. The molecule has 0 heterocycles. The first-order chi connectivity index (χ1) is 15.5. The number of carbonyl (C=O) groups excluding carboxylic acids is 1. The van der Waals surface area contributed by atoms with Gasteiger partial charge in [0, 0.05) is 6.42 Å². The normalized spacial score (nSPS) is 14.1. The van der Waals surface area contributed by atoms with Gasteiger partial charge in [-0.1, -0.05) is 43.9 Å². The first-order valence-corrected chi connectivity index (χ1v) is 10.7. The highest BCUT2D eigenvalue weighted by Gasteiger charge is 2.18. The predicted octanol–water partition coefficient (Wildman–Crippen LogP) is 5.01. The zero-order chi connectivity index (χ0) is 22.9. The van der Waals surface area contributed by atoms with E-state index in [1.807, 2.05) is 0 Å². The molecule has 0 radical (unpaired) electrons. The van der Waals surface area contributed by atoms with E-state index in [0.29, 0.717) is 40.9 Å². The zero-order valence-electron chi connectivity index (χ0n) is 18.4. The molecule has 32 heavy (non-hydrogen) atoms. The Morgan fingerprint density at radius 1 is 1.03 bits per heavy atom. The van der Waals surface area contributed by atoms with Crippen LogP contribution in [0.2, 0.25) is 0 Å². The molecule has 1 aliphatic carbocycles. The van der Waals surface area contributed by atoms with Crippen LogP contribution in [-0.4, -0.2) is 31.2 Å². The fraction of sp³-hybridized carbons (Fsp3) is 0.360. The molecule has 2 aromatic rings. The number of para-hydroxylation sites is 1. The zero-order valence-corrected chi connectivity index (χ0v) is 18.4. The van der Waals surface area contributed by atoms with Gasteiger partial charge in [0.1, 0.15) is 11.4 Å². The average Bonchev–Trinajstić information content (AvgIpc) is 3.32. The molecule has 0 aliphatic heterocycles. The van der Waals surface area contributed by atoms with Crippen molar-refractivity contribution < 1.29 is 28.9 Å². The molecule has 7 heteroatoms. The minimum Gasteiger partial charge on any atom is -0.493 e. The van der Waals surface area contributed by atoms with Crippen LogP contribution in [0.25, 0.3) is 6.08 Å². The van der Waals surface area contributed by atoms with Gasteiger partial charge in [-0.3, -0.25) is 4.79 Å². The van der Waals surface area contributed by atoms with Gasteiger partial charge >= 0.3 is 5.97 Å². The summed E-state index contributed by atoms with van der Waals surface area (Å²) in [6, 6.07) is 12.2. The monoisotopic (exact) mass is 439 g/mol. The molecule has 0 bridgehead atoms. The largest absolute Gasteiger partial charge is 0.493 e. The molecule has 1 saturated carbocycles. The number of amides is 1. The van der Waals surface area contributed by atoms with E-state index in [2.05, 4.69) is 5.32 Å². The van der Waals surface area contributed by atoms with Gasteiger partial charge in [-0.15, -0.1) is 0 Å². The van der Waals surface area contributed by atoms with Crippen molar-refractivity contribution in [2.75, 3.05) is 14.2 Å². The fourth-order valence-corrected chi connectivity index (χ4v) is 3.86. The molecular formula is C25H29NO6. The highest BCUT2D eigenvalue weighted by atomic mass is 16.5. The number of rotatable bonds is 10. The number of nitrogens with one attached hydrogen (secondary N) is 1. The summed E-state index contributed by atoms with van der Waals surface area (Å²) in [4.78, 5) is 23.8. The topological polar surface area (TPSA) is 94.1 Å². The number of carbonyl (C=O) groups is 2. The van der Waals surface area contributed by atoms with E-state index in [4.69, 9.17) is 14.2 Å². The second kappa shape index (κ2) is 11.2. The Kier molecular flexibility index (Phi) is 8.14. The minimum absolute atomic E-state index is 0.149. The summed E-state index contributed by atoms with van der Waals surface area (Å²) >= 11 is 0. The van der Waals surface area contributed by atoms with Crippen molar-refractivity contribution >= 4 is 18.0 Å². The van der Waals surface area contributed by atoms with E-state index < -0.39 is 5.97 Å². The molecule has 2 aromatic carbocycles. The van der Waals surface area contributed by atoms with Crippen LogP contribution in [0, 0.1) is 5.92 Å². The Labute approximate surface area is 188 Å². The Balaban J connectivity index is 1.65. The number of carboxylic acids is 1. The van der Waals surface area contributed by atoms with Crippen molar-refractivity contribution in [3.8, 4) is 23.0 Å². The molecule has 0 atom stereocenters. The number of benzene rings is 2. The van der Waals surface area contributed by atoms with Gasteiger partial charge < -0.3 is 24.6 Å². The quantitative estimate of drug-likeness (QED) is 0.506. The van der Waals surface area contributed by atoms with E-state index in [0.717, 1.165) is 19.3 Å². The van der Waals surface area contributed by atoms with Crippen molar-refractivity contribution in [2.45, 2.75) is 38.5 Å². The summed E-state index contributed by atoms with van der Waals surface area (Å²) in [6.07, 6.45) is 7.33. The minimum atomic E-state index is -1.18. The standard InChI is InChI=1S/C25H29NO6/c1-30-21-8-5-9-22(24(21)31-2)32-19-13-10-18(11-14-19)16-20(25(28)29)26-23(27)15-12-17-6-3-4-7-17/h5,8-11,13-14,16-17H,3-4,6-7,12,15H2,1-2H3,(H,26,27)(H,28,29)/b20-16-. The summed E-state index contributed by atoms with van der Waals surface area (Å²) in [6.45, 7) is 0. The maximum atomic E-state index is 12.2. The number of methoxy groups -OCH3 is 2. The first-order valence-electron chi connectivity index (χ1n) is 10.7. The van der Waals surface area contributed by atoms with Crippen LogP contribution in [-0.2, 0) is 9.59 Å². The smallest absolute Gasteiger partial charge is 0.352 e. The molecule has 0 unspecified atom stereocenters. The van der Waals surface area contributed by atoms with Crippen molar-refractivity contribution in [1.82, 2.24) is 5.32 Å². The Hall–Kier alpha value is -3.48. The van der Waals surface area contributed by atoms with Crippen LogP contribution >= 0.6 is 0 Å². The second-order valence-electron chi connectivity index (χ2n) is 7.76. The predicted molar refractivity (Wildman–Crippen MR) is 121 cm³/mol. The molecule has 7 nitrogen and oxygen atoms in total. The van der Waals surface area contributed by atoms with Gasteiger partial charge in [-0.05, 0) is 48.2 Å². The summed E-state index contributed by atoms with van der Waals surface area (Å²) in [7, 11) is 3.09. The number of hydrogen-bond acceptors (Lipinski definition) is 5. The van der Waals surface area contributed by atoms with Crippen LogP contribution in [0.15, 0.2) is 48.2 Å². The molecule has 2 N–H and O–H groups in total. The second-order valence-corrected chi connectivity index (χ2v) is 7.76. The van der Waals surface area contributed by atoms with Gasteiger partial charge in [-0.25, -0.2) is 4.79 Å². The Bertz CT molecular complexity index is 961. The molecule has 1 aliphatic rings. The third kappa shape index (κ3) is 6.26. The van der Waals surface area contributed by atoms with Gasteiger partial charge in [0.25, 0.3) is 0 Å². The lowest BCUT2D eigenvalue weighted by molar-refractivity contribution is -0.134. The molecule has 1 amide bonds. The highest BCUT2D eigenvalue weighted by molar-refractivity contribution is 5.96. The molecule has 1 fully saturated rings. The summed E-state index contributed by atoms with van der Waals surface area (Å²) < 4.78 is 16.5. The van der Waals surface area contributed by atoms with Crippen molar-refractivity contribution in [1.29, 1.82) is 0 Å². The third-order valence-corrected chi connectivity index (χ3v) is 5.54. The maximum Gasteiger partial charge on any atom is 0.352 e. The van der Waals surface area contributed by atoms with Crippen LogP contribution < -0.4 is 19.5 Å².